The zero-order chi connectivity index (χ0) is 15.7. The molecule has 1 aromatic carbocycles. The molecule has 0 radical (unpaired) electrons. The third-order valence-electron chi connectivity index (χ3n) is 4.37. The summed E-state index contributed by atoms with van der Waals surface area (Å²) in [6.45, 7) is 4.81. The van der Waals surface area contributed by atoms with Gasteiger partial charge in [0.2, 0.25) is 0 Å². The maximum Gasteiger partial charge on any atom is 0.257 e. The summed E-state index contributed by atoms with van der Waals surface area (Å²) in [7, 11) is 0. The fraction of sp³-hybridized carbons (Fsp3) is 0.412. The van der Waals surface area contributed by atoms with E-state index in [4.69, 9.17) is 5.73 Å². The number of carbonyl (C=O) groups is 1. The zero-order valence-corrected chi connectivity index (χ0v) is 13.1. The molecule has 0 spiro atoms. The first kappa shape index (κ1) is 14.8. The highest BCUT2D eigenvalue weighted by Crippen LogP contribution is 2.20. The molecule has 1 amide bonds. The molecule has 2 aromatic rings. The van der Waals surface area contributed by atoms with Crippen molar-refractivity contribution in [3.8, 4) is 5.69 Å². The highest BCUT2D eigenvalue weighted by molar-refractivity contribution is 5.94. The van der Waals surface area contributed by atoms with Crippen LogP contribution in [0.4, 0.5) is 0 Å². The molecule has 116 valence electrons. The minimum Gasteiger partial charge on any atom is -0.336 e. The third-order valence-corrected chi connectivity index (χ3v) is 4.37. The molecule has 0 aliphatic carbocycles. The van der Waals surface area contributed by atoms with Crippen molar-refractivity contribution in [2.45, 2.75) is 38.8 Å². The van der Waals surface area contributed by atoms with Crippen LogP contribution < -0.4 is 5.73 Å². The number of carbonyl (C=O) groups excluding carboxylic acids is 1. The summed E-state index contributed by atoms with van der Waals surface area (Å²) < 4.78 is 1.77. The summed E-state index contributed by atoms with van der Waals surface area (Å²) in [4.78, 5) is 14.6. The molecule has 5 heteroatoms. The Bertz CT molecular complexity index is 679. The van der Waals surface area contributed by atoms with Gasteiger partial charge in [0.05, 0.1) is 17.4 Å². The molecular formula is C17H22N4O. The van der Waals surface area contributed by atoms with Crippen molar-refractivity contribution in [3.05, 3.63) is 47.8 Å². The van der Waals surface area contributed by atoms with Gasteiger partial charge in [-0.05, 0) is 38.3 Å². The number of piperidine rings is 1. The summed E-state index contributed by atoms with van der Waals surface area (Å²) in [5.41, 5.74) is 8.72. The van der Waals surface area contributed by atoms with Crippen molar-refractivity contribution in [3.63, 3.8) is 0 Å². The minimum atomic E-state index is 0.0410. The van der Waals surface area contributed by atoms with Crippen LogP contribution in [-0.2, 0) is 0 Å². The van der Waals surface area contributed by atoms with Gasteiger partial charge in [0.1, 0.15) is 0 Å². The molecule has 0 saturated carbocycles. The molecule has 1 fully saturated rings. The number of likely N-dealkylation sites (tertiary alicyclic amines) is 1. The second-order valence-corrected chi connectivity index (χ2v) is 6.09. The number of hydrogen-bond donors (Lipinski definition) is 1. The average molecular weight is 298 g/mol. The Morgan fingerprint density at radius 3 is 2.86 bits per heavy atom. The molecule has 1 aliphatic rings. The maximum atomic E-state index is 12.7. The fourth-order valence-corrected chi connectivity index (χ4v) is 3.06. The number of hydrogen-bond acceptors (Lipinski definition) is 3. The predicted molar refractivity (Wildman–Crippen MR) is 86.0 cm³/mol. The SMILES string of the molecule is Cc1ccccc1-n1cc(C(=O)N2CC[C@@H](N)C[C@@H]2C)cn1. The lowest BCUT2D eigenvalue weighted by atomic mass is 9.98. The quantitative estimate of drug-likeness (QED) is 0.924. The largest absolute Gasteiger partial charge is 0.336 e. The summed E-state index contributed by atoms with van der Waals surface area (Å²) >= 11 is 0. The molecule has 2 N–H and O–H groups in total. The Hall–Kier alpha value is -2.14. The van der Waals surface area contributed by atoms with Gasteiger partial charge in [0, 0.05) is 24.8 Å². The van der Waals surface area contributed by atoms with Crippen LogP contribution in [0, 0.1) is 6.92 Å². The number of amides is 1. The number of aryl methyl sites for hydroxylation is 1. The van der Waals surface area contributed by atoms with E-state index in [1.165, 1.54) is 0 Å². The van der Waals surface area contributed by atoms with E-state index < -0.39 is 0 Å². The Labute approximate surface area is 130 Å². The van der Waals surface area contributed by atoms with E-state index in [-0.39, 0.29) is 18.0 Å². The van der Waals surface area contributed by atoms with Crippen molar-refractivity contribution in [2.24, 2.45) is 5.73 Å². The first-order valence-electron chi connectivity index (χ1n) is 7.73. The number of benzene rings is 1. The summed E-state index contributed by atoms with van der Waals surface area (Å²) in [6, 6.07) is 8.38. The smallest absolute Gasteiger partial charge is 0.257 e. The van der Waals surface area contributed by atoms with E-state index in [0.717, 1.165) is 30.6 Å². The van der Waals surface area contributed by atoms with Crippen molar-refractivity contribution in [1.29, 1.82) is 0 Å². The van der Waals surface area contributed by atoms with Crippen LogP contribution in [0.15, 0.2) is 36.7 Å². The monoisotopic (exact) mass is 298 g/mol. The lowest BCUT2D eigenvalue weighted by molar-refractivity contribution is 0.0619. The Morgan fingerprint density at radius 1 is 1.36 bits per heavy atom. The van der Waals surface area contributed by atoms with E-state index in [1.807, 2.05) is 42.3 Å². The summed E-state index contributed by atoms with van der Waals surface area (Å²) in [6.07, 6.45) is 5.18. The van der Waals surface area contributed by atoms with Gasteiger partial charge in [-0.2, -0.15) is 5.10 Å². The molecule has 0 unspecified atom stereocenters. The first-order valence-corrected chi connectivity index (χ1v) is 7.73. The van der Waals surface area contributed by atoms with Gasteiger partial charge in [-0.3, -0.25) is 4.79 Å². The molecule has 1 aliphatic heterocycles. The molecule has 2 heterocycles. The van der Waals surface area contributed by atoms with Gasteiger partial charge in [0.25, 0.3) is 5.91 Å². The van der Waals surface area contributed by atoms with E-state index in [0.29, 0.717) is 5.56 Å². The van der Waals surface area contributed by atoms with Crippen molar-refractivity contribution in [1.82, 2.24) is 14.7 Å². The van der Waals surface area contributed by atoms with Gasteiger partial charge < -0.3 is 10.6 Å². The Morgan fingerprint density at radius 2 is 2.14 bits per heavy atom. The molecule has 2 atom stereocenters. The third kappa shape index (κ3) is 2.76. The lowest BCUT2D eigenvalue weighted by Gasteiger charge is -2.36. The zero-order valence-electron chi connectivity index (χ0n) is 13.1. The van der Waals surface area contributed by atoms with Gasteiger partial charge >= 0.3 is 0 Å². The number of nitrogens with zero attached hydrogens (tertiary/aromatic N) is 3. The fourth-order valence-electron chi connectivity index (χ4n) is 3.06. The molecular weight excluding hydrogens is 276 g/mol. The summed E-state index contributed by atoms with van der Waals surface area (Å²) in [5.74, 6) is 0.0410. The van der Waals surface area contributed by atoms with Crippen molar-refractivity contribution >= 4 is 5.91 Å². The van der Waals surface area contributed by atoms with Crippen molar-refractivity contribution < 1.29 is 4.79 Å². The van der Waals surface area contributed by atoms with Gasteiger partial charge in [0.15, 0.2) is 0 Å². The molecule has 1 aromatic heterocycles. The molecule has 1 saturated heterocycles. The first-order chi connectivity index (χ1) is 10.6. The van der Waals surface area contributed by atoms with E-state index in [1.54, 1.807) is 10.9 Å². The number of rotatable bonds is 2. The molecule has 0 bridgehead atoms. The van der Waals surface area contributed by atoms with E-state index >= 15 is 0 Å². The van der Waals surface area contributed by atoms with Gasteiger partial charge in [-0.25, -0.2) is 4.68 Å². The topological polar surface area (TPSA) is 64.2 Å². The Balaban J connectivity index is 1.82. The van der Waals surface area contributed by atoms with Gasteiger partial charge in [-0.15, -0.1) is 0 Å². The van der Waals surface area contributed by atoms with Crippen LogP contribution >= 0.6 is 0 Å². The second-order valence-electron chi connectivity index (χ2n) is 6.09. The number of aromatic nitrogens is 2. The van der Waals surface area contributed by atoms with Gasteiger partial charge in [-0.1, -0.05) is 18.2 Å². The Kier molecular flexibility index (Phi) is 3.98. The van der Waals surface area contributed by atoms with Crippen LogP contribution in [-0.4, -0.2) is 39.2 Å². The van der Waals surface area contributed by atoms with Crippen molar-refractivity contribution in [2.75, 3.05) is 6.54 Å². The normalized spacial score (nSPS) is 21.9. The molecule has 5 nitrogen and oxygen atoms in total. The molecule has 22 heavy (non-hydrogen) atoms. The minimum absolute atomic E-state index is 0.0410. The highest BCUT2D eigenvalue weighted by Gasteiger charge is 2.28. The standard InChI is InChI=1S/C17H22N4O/c1-12-5-3-4-6-16(12)21-11-14(10-19-21)17(22)20-8-7-15(18)9-13(20)2/h3-6,10-11,13,15H,7-9,18H2,1-2H3/t13-,15+/m0/s1. The summed E-state index contributed by atoms with van der Waals surface area (Å²) in [5, 5.41) is 4.35. The molecule has 3 rings (SSSR count). The number of nitrogens with two attached hydrogens (primary N) is 1. The van der Waals surface area contributed by atoms with Crippen LogP contribution in [0.25, 0.3) is 5.69 Å². The number of para-hydroxylation sites is 1. The maximum absolute atomic E-state index is 12.7. The highest BCUT2D eigenvalue weighted by atomic mass is 16.2. The van der Waals surface area contributed by atoms with Crippen LogP contribution in [0.5, 0.6) is 0 Å². The van der Waals surface area contributed by atoms with Crippen LogP contribution in [0.2, 0.25) is 0 Å². The van der Waals surface area contributed by atoms with E-state index in [2.05, 4.69) is 12.0 Å². The average Bonchev–Trinajstić information content (AvgIpc) is 2.97. The van der Waals surface area contributed by atoms with Crippen LogP contribution in [0.3, 0.4) is 0 Å². The predicted octanol–water partition coefficient (Wildman–Crippen LogP) is 2.13. The lowest BCUT2D eigenvalue weighted by Crippen LogP contribution is -2.48. The van der Waals surface area contributed by atoms with E-state index in [9.17, 15) is 4.79 Å². The second kappa shape index (κ2) is 5.93. The van der Waals surface area contributed by atoms with Crippen LogP contribution in [0.1, 0.15) is 35.7 Å².